The van der Waals surface area contributed by atoms with E-state index in [0.29, 0.717) is 6.04 Å². The van der Waals surface area contributed by atoms with Gasteiger partial charge in [-0.15, -0.1) is 11.3 Å². The molecule has 2 atom stereocenters. The van der Waals surface area contributed by atoms with Crippen molar-refractivity contribution in [3.05, 3.63) is 16.1 Å². The molecule has 1 aliphatic rings. The average Bonchev–Trinajstić information content (AvgIpc) is 2.76. The Kier molecular flexibility index (Phi) is 3.95. The van der Waals surface area contributed by atoms with E-state index < -0.39 is 0 Å². The van der Waals surface area contributed by atoms with Crippen molar-refractivity contribution in [1.29, 1.82) is 0 Å². The van der Waals surface area contributed by atoms with E-state index in [9.17, 15) is 0 Å². The predicted octanol–water partition coefficient (Wildman–Crippen LogP) is 2.09. The van der Waals surface area contributed by atoms with Crippen LogP contribution in [0.15, 0.2) is 5.38 Å². The lowest BCUT2D eigenvalue weighted by Crippen LogP contribution is -2.26. The van der Waals surface area contributed by atoms with Gasteiger partial charge in [-0.05, 0) is 26.3 Å². The maximum atomic E-state index is 4.64. The molecule has 1 aliphatic heterocycles. The fourth-order valence-corrected chi connectivity index (χ4v) is 3.27. The molecule has 0 spiro atoms. The van der Waals surface area contributed by atoms with Gasteiger partial charge in [0, 0.05) is 31.1 Å². The van der Waals surface area contributed by atoms with Crippen molar-refractivity contribution in [2.75, 3.05) is 13.6 Å². The summed E-state index contributed by atoms with van der Waals surface area (Å²) in [5.41, 5.74) is 1.23. The van der Waals surface area contributed by atoms with Gasteiger partial charge in [0.05, 0.1) is 5.69 Å². The fraction of sp³-hybridized carbons (Fsp3) is 0.750. The highest BCUT2D eigenvalue weighted by atomic mass is 32.1. The number of likely N-dealkylation sites (tertiary alicyclic amines) is 1. The van der Waals surface area contributed by atoms with Crippen molar-refractivity contribution in [2.45, 2.75) is 39.4 Å². The second-order valence-electron chi connectivity index (χ2n) is 4.88. The highest BCUT2D eigenvalue weighted by Gasteiger charge is 2.26. The summed E-state index contributed by atoms with van der Waals surface area (Å²) in [5, 5.41) is 6.53. The summed E-state index contributed by atoms with van der Waals surface area (Å²) in [4.78, 5) is 7.18. The van der Waals surface area contributed by atoms with Gasteiger partial charge in [-0.1, -0.05) is 6.92 Å². The number of hydrogen-bond donors (Lipinski definition) is 1. The molecule has 0 saturated carbocycles. The standard InChI is InChI=1S/C12H21N3S/c1-9-4-10(2)15(6-9)7-11-8-16-12(14-11)5-13-3/h8-10,13H,4-7H2,1-3H3. The molecule has 1 N–H and O–H groups in total. The van der Waals surface area contributed by atoms with Crippen LogP contribution in [0.2, 0.25) is 0 Å². The zero-order valence-corrected chi connectivity index (χ0v) is 11.2. The zero-order chi connectivity index (χ0) is 11.5. The first-order chi connectivity index (χ1) is 7.69. The lowest BCUT2D eigenvalue weighted by atomic mass is 10.1. The van der Waals surface area contributed by atoms with E-state index in [1.54, 1.807) is 11.3 Å². The Bertz CT molecular complexity index is 337. The van der Waals surface area contributed by atoms with Gasteiger partial charge < -0.3 is 5.32 Å². The third kappa shape index (κ3) is 2.81. The Morgan fingerprint density at radius 3 is 3.00 bits per heavy atom. The molecule has 2 heterocycles. The summed E-state index contributed by atoms with van der Waals surface area (Å²) in [6.07, 6.45) is 1.33. The summed E-state index contributed by atoms with van der Waals surface area (Å²) in [6, 6.07) is 0.712. The average molecular weight is 239 g/mol. The van der Waals surface area contributed by atoms with Crippen molar-refractivity contribution in [3.8, 4) is 0 Å². The van der Waals surface area contributed by atoms with Crippen LogP contribution in [0.25, 0.3) is 0 Å². The van der Waals surface area contributed by atoms with Crippen molar-refractivity contribution in [3.63, 3.8) is 0 Å². The molecular weight excluding hydrogens is 218 g/mol. The topological polar surface area (TPSA) is 28.2 Å². The van der Waals surface area contributed by atoms with E-state index >= 15 is 0 Å². The summed E-state index contributed by atoms with van der Waals surface area (Å²) >= 11 is 1.76. The molecule has 0 bridgehead atoms. The van der Waals surface area contributed by atoms with Crippen LogP contribution in [0, 0.1) is 5.92 Å². The van der Waals surface area contributed by atoms with Gasteiger partial charge in [-0.2, -0.15) is 0 Å². The number of nitrogens with one attached hydrogen (secondary N) is 1. The molecule has 4 heteroatoms. The Balaban J connectivity index is 1.93. The van der Waals surface area contributed by atoms with E-state index in [1.165, 1.54) is 23.7 Å². The van der Waals surface area contributed by atoms with Gasteiger partial charge in [0.25, 0.3) is 0 Å². The highest BCUT2D eigenvalue weighted by Crippen LogP contribution is 2.24. The molecule has 2 rings (SSSR count). The molecule has 1 saturated heterocycles. The second kappa shape index (κ2) is 5.25. The van der Waals surface area contributed by atoms with E-state index in [1.807, 2.05) is 7.05 Å². The van der Waals surface area contributed by atoms with Crippen LogP contribution < -0.4 is 5.32 Å². The van der Waals surface area contributed by atoms with Gasteiger partial charge >= 0.3 is 0 Å². The fourth-order valence-electron chi connectivity index (χ4n) is 2.47. The second-order valence-corrected chi connectivity index (χ2v) is 5.82. The molecule has 1 aromatic heterocycles. The summed E-state index contributed by atoms with van der Waals surface area (Å²) in [6.45, 7) is 7.79. The number of nitrogens with zero attached hydrogens (tertiary/aromatic N) is 2. The monoisotopic (exact) mass is 239 g/mol. The molecule has 2 unspecified atom stereocenters. The minimum atomic E-state index is 0.712. The largest absolute Gasteiger partial charge is 0.314 e. The highest BCUT2D eigenvalue weighted by molar-refractivity contribution is 7.09. The first-order valence-electron chi connectivity index (χ1n) is 6.01. The van der Waals surface area contributed by atoms with Gasteiger partial charge in [0.2, 0.25) is 0 Å². The predicted molar refractivity (Wildman–Crippen MR) is 68.5 cm³/mol. The molecule has 3 nitrogen and oxygen atoms in total. The van der Waals surface area contributed by atoms with E-state index in [4.69, 9.17) is 0 Å². The number of aromatic nitrogens is 1. The molecule has 0 aliphatic carbocycles. The SMILES string of the molecule is CNCc1nc(CN2CC(C)CC2C)cs1. The van der Waals surface area contributed by atoms with Gasteiger partial charge in [-0.25, -0.2) is 4.98 Å². The van der Waals surface area contributed by atoms with Crippen molar-refractivity contribution in [1.82, 2.24) is 15.2 Å². The quantitative estimate of drug-likeness (QED) is 0.872. The third-order valence-electron chi connectivity index (χ3n) is 3.21. The van der Waals surface area contributed by atoms with Crippen molar-refractivity contribution < 1.29 is 0 Å². The third-order valence-corrected chi connectivity index (χ3v) is 4.10. The molecule has 1 fully saturated rings. The molecule has 16 heavy (non-hydrogen) atoms. The maximum absolute atomic E-state index is 4.64. The van der Waals surface area contributed by atoms with Crippen LogP contribution in [-0.4, -0.2) is 29.5 Å². The van der Waals surface area contributed by atoms with Crippen LogP contribution in [0.5, 0.6) is 0 Å². The maximum Gasteiger partial charge on any atom is 0.107 e. The van der Waals surface area contributed by atoms with Crippen LogP contribution in [0.4, 0.5) is 0 Å². The van der Waals surface area contributed by atoms with E-state index in [0.717, 1.165) is 19.0 Å². The van der Waals surface area contributed by atoms with Gasteiger partial charge in [0.15, 0.2) is 0 Å². The zero-order valence-electron chi connectivity index (χ0n) is 10.4. The smallest absolute Gasteiger partial charge is 0.107 e. The van der Waals surface area contributed by atoms with Crippen molar-refractivity contribution >= 4 is 11.3 Å². The Labute approximate surface area is 102 Å². The van der Waals surface area contributed by atoms with Crippen LogP contribution >= 0.6 is 11.3 Å². The van der Waals surface area contributed by atoms with Crippen molar-refractivity contribution in [2.24, 2.45) is 5.92 Å². The minimum absolute atomic E-state index is 0.712. The Hall–Kier alpha value is -0.450. The normalized spacial score (nSPS) is 26.4. The Morgan fingerprint density at radius 1 is 1.56 bits per heavy atom. The first kappa shape index (κ1) is 12.0. The minimum Gasteiger partial charge on any atom is -0.314 e. The van der Waals surface area contributed by atoms with Gasteiger partial charge in [0.1, 0.15) is 5.01 Å². The molecule has 0 amide bonds. The Morgan fingerprint density at radius 2 is 2.38 bits per heavy atom. The van der Waals surface area contributed by atoms with E-state index in [-0.39, 0.29) is 0 Å². The summed E-state index contributed by atoms with van der Waals surface area (Å²) < 4.78 is 0. The summed E-state index contributed by atoms with van der Waals surface area (Å²) in [7, 11) is 1.96. The van der Waals surface area contributed by atoms with E-state index in [2.05, 4.69) is 34.4 Å². The molecule has 90 valence electrons. The number of rotatable bonds is 4. The van der Waals surface area contributed by atoms with Crippen LogP contribution in [-0.2, 0) is 13.1 Å². The molecular formula is C12H21N3S. The lowest BCUT2D eigenvalue weighted by Gasteiger charge is -2.19. The molecule has 0 aromatic carbocycles. The lowest BCUT2D eigenvalue weighted by molar-refractivity contribution is 0.254. The molecule has 0 radical (unpaired) electrons. The van der Waals surface area contributed by atoms with Crippen LogP contribution in [0.1, 0.15) is 31.0 Å². The van der Waals surface area contributed by atoms with Crippen LogP contribution in [0.3, 0.4) is 0 Å². The number of thiazole rings is 1. The molecule has 1 aromatic rings. The number of hydrogen-bond acceptors (Lipinski definition) is 4. The first-order valence-corrected chi connectivity index (χ1v) is 6.89. The summed E-state index contributed by atoms with van der Waals surface area (Å²) in [5.74, 6) is 0.838. The van der Waals surface area contributed by atoms with Gasteiger partial charge in [-0.3, -0.25) is 4.90 Å².